The number of nitrogens with one attached hydrogen (secondary N) is 1. The normalized spacial score (nSPS) is 28.2. The van der Waals surface area contributed by atoms with Crippen LogP contribution in [0.3, 0.4) is 0 Å². The molecule has 1 saturated heterocycles. The van der Waals surface area contributed by atoms with Crippen molar-refractivity contribution < 1.29 is 14.7 Å². The molecule has 2 rings (SSSR count). The van der Waals surface area contributed by atoms with E-state index in [-0.39, 0.29) is 12.3 Å². The summed E-state index contributed by atoms with van der Waals surface area (Å²) in [7, 11) is 0. The molecule has 92 valence electrons. The number of thiophene rings is 1. The topological polar surface area (TPSA) is 66.4 Å². The molecule has 1 aromatic rings. The lowest BCUT2D eigenvalue weighted by molar-refractivity contribution is -0.141. The van der Waals surface area contributed by atoms with Gasteiger partial charge in [0.15, 0.2) is 0 Å². The van der Waals surface area contributed by atoms with Crippen LogP contribution in [0.25, 0.3) is 0 Å². The van der Waals surface area contributed by atoms with Crippen molar-refractivity contribution in [1.29, 1.82) is 0 Å². The number of rotatable bonds is 2. The summed E-state index contributed by atoms with van der Waals surface area (Å²) < 4.78 is 0.912. The number of carbonyl (C=O) groups excluding carboxylic acids is 1. The second-order valence-corrected chi connectivity index (χ2v) is 6.46. The van der Waals surface area contributed by atoms with Crippen LogP contribution in [-0.2, 0) is 15.0 Å². The standard InChI is InChI=1S/C10H9Cl2NO3S/c1-10(4-2-5(11)17-8(4)12)3-6(14)13-7(10)9(15)16/h2,7H,3H2,1H3,(H,13,14)(H,15,16). The van der Waals surface area contributed by atoms with E-state index in [1.807, 2.05) is 0 Å². The first kappa shape index (κ1) is 12.7. The lowest BCUT2D eigenvalue weighted by atomic mass is 9.77. The smallest absolute Gasteiger partial charge is 0.327 e. The maximum atomic E-state index is 11.4. The maximum Gasteiger partial charge on any atom is 0.327 e. The Balaban J connectivity index is 2.50. The van der Waals surface area contributed by atoms with E-state index >= 15 is 0 Å². The second-order valence-electron chi connectivity index (χ2n) is 4.17. The molecule has 7 heteroatoms. The largest absolute Gasteiger partial charge is 0.480 e. The Morgan fingerprint density at radius 2 is 2.29 bits per heavy atom. The van der Waals surface area contributed by atoms with Gasteiger partial charge >= 0.3 is 5.97 Å². The molecule has 17 heavy (non-hydrogen) atoms. The molecule has 1 aliphatic rings. The lowest BCUT2D eigenvalue weighted by Gasteiger charge is -2.26. The first-order valence-corrected chi connectivity index (χ1v) is 6.39. The molecule has 0 saturated carbocycles. The number of amides is 1. The van der Waals surface area contributed by atoms with Crippen LogP contribution in [0.5, 0.6) is 0 Å². The zero-order valence-electron chi connectivity index (χ0n) is 8.79. The second kappa shape index (κ2) is 4.15. The van der Waals surface area contributed by atoms with Gasteiger partial charge in [0.1, 0.15) is 6.04 Å². The summed E-state index contributed by atoms with van der Waals surface area (Å²) in [5.41, 5.74) is -0.246. The van der Waals surface area contributed by atoms with Crippen LogP contribution >= 0.6 is 34.5 Å². The molecule has 1 aliphatic heterocycles. The fourth-order valence-corrected chi connectivity index (χ4v) is 3.85. The van der Waals surface area contributed by atoms with Crippen molar-refractivity contribution in [1.82, 2.24) is 5.32 Å². The predicted molar refractivity (Wildman–Crippen MR) is 65.9 cm³/mol. The van der Waals surface area contributed by atoms with Gasteiger partial charge in [-0.05, 0) is 11.6 Å². The molecule has 1 amide bonds. The van der Waals surface area contributed by atoms with Gasteiger partial charge in [-0.2, -0.15) is 0 Å². The van der Waals surface area contributed by atoms with E-state index < -0.39 is 17.4 Å². The van der Waals surface area contributed by atoms with E-state index in [1.165, 1.54) is 11.3 Å². The fourth-order valence-electron chi connectivity index (χ4n) is 2.12. The Labute approximate surface area is 112 Å². The lowest BCUT2D eigenvalue weighted by Crippen LogP contribution is -2.44. The van der Waals surface area contributed by atoms with E-state index in [0.29, 0.717) is 14.2 Å². The Kier molecular flexibility index (Phi) is 3.10. The minimum atomic E-state index is -1.07. The summed E-state index contributed by atoms with van der Waals surface area (Å²) in [6.45, 7) is 1.70. The van der Waals surface area contributed by atoms with Crippen LogP contribution in [0, 0.1) is 0 Å². The number of carboxylic acid groups (broad SMARTS) is 1. The Morgan fingerprint density at radius 3 is 2.76 bits per heavy atom. The number of hydrogen-bond acceptors (Lipinski definition) is 3. The number of carboxylic acids is 1. The molecule has 4 nitrogen and oxygen atoms in total. The highest BCUT2D eigenvalue weighted by molar-refractivity contribution is 7.20. The van der Waals surface area contributed by atoms with Gasteiger partial charge < -0.3 is 10.4 Å². The van der Waals surface area contributed by atoms with Gasteiger partial charge in [0.05, 0.1) is 8.67 Å². The molecular weight excluding hydrogens is 285 g/mol. The highest BCUT2D eigenvalue weighted by Gasteiger charge is 2.50. The number of hydrogen-bond donors (Lipinski definition) is 2. The molecule has 0 aliphatic carbocycles. The van der Waals surface area contributed by atoms with Crippen molar-refractivity contribution in [3.8, 4) is 0 Å². The third kappa shape index (κ3) is 2.03. The predicted octanol–water partition coefficient (Wildman–Crippen LogP) is 2.29. The molecule has 1 aromatic heterocycles. The van der Waals surface area contributed by atoms with Gasteiger partial charge in [0.2, 0.25) is 5.91 Å². The van der Waals surface area contributed by atoms with Crippen LogP contribution in [0.15, 0.2) is 6.07 Å². The summed E-state index contributed by atoms with van der Waals surface area (Å²) >= 11 is 13.1. The van der Waals surface area contributed by atoms with Crippen molar-refractivity contribution in [3.05, 3.63) is 20.3 Å². The molecule has 2 unspecified atom stereocenters. The molecule has 2 heterocycles. The van der Waals surface area contributed by atoms with E-state index in [0.717, 1.165) is 0 Å². The van der Waals surface area contributed by atoms with Crippen LogP contribution < -0.4 is 5.32 Å². The van der Waals surface area contributed by atoms with Gasteiger partial charge in [0.25, 0.3) is 0 Å². The molecule has 2 N–H and O–H groups in total. The quantitative estimate of drug-likeness (QED) is 0.879. The van der Waals surface area contributed by atoms with Gasteiger partial charge in [0, 0.05) is 11.8 Å². The average Bonchev–Trinajstić information content (AvgIpc) is 2.68. The van der Waals surface area contributed by atoms with Crippen molar-refractivity contribution in [3.63, 3.8) is 0 Å². The third-order valence-corrected chi connectivity index (χ3v) is 4.48. The third-order valence-electron chi connectivity index (χ3n) is 2.99. The fraction of sp³-hybridized carbons (Fsp3) is 0.400. The van der Waals surface area contributed by atoms with Crippen molar-refractivity contribution in [2.24, 2.45) is 0 Å². The van der Waals surface area contributed by atoms with E-state index in [2.05, 4.69) is 5.32 Å². The summed E-state index contributed by atoms with van der Waals surface area (Å²) in [5, 5.41) is 11.6. The first-order chi connectivity index (χ1) is 7.84. The van der Waals surface area contributed by atoms with Crippen LogP contribution in [0.2, 0.25) is 8.67 Å². The van der Waals surface area contributed by atoms with Crippen LogP contribution in [-0.4, -0.2) is 23.0 Å². The van der Waals surface area contributed by atoms with E-state index in [1.54, 1.807) is 13.0 Å². The molecule has 0 bridgehead atoms. The maximum absolute atomic E-state index is 11.4. The summed E-state index contributed by atoms with van der Waals surface area (Å²) in [6.07, 6.45) is 0.0940. The molecule has 2 atom stereocenters. The Hall–Kier alpha value is -0.780. The van der Waals surface area contributed by atoms with Crippen LogP contribution in [0.1, 0.15) is 18.9 Å². The summed E-state index contributed by atoms with van der Waals surface area (Å²) in [6, 6.07) is 0.656. The average molecular weight is 294 g/mol. The van der Waals surface area contributed by atoms with E-state index in [4.69, 9.17) is 28.3 Å². The molecular formula is C10H9Cl2NO3S. The van der Waals surface area contributed by atoms with Crippen LogP contribution in [0.4, 0.5) is 0 Å². The first-order valence-electron chi connectivity index (χ1n) is 4.82. The highest BCUT2D eigenvalue weighted by atomic mass is 35.5. The Bertz CT molecular complexity index is 502. The minimum absolute atomic E-state index is 0.0940. The summed E-state index contributed by atoms with van der Waals surface area (Å²) in [5.74, 6) is -1.37. The minimum Gasteiger partial charge on any atom is -0.480 e. The van der Waals surface area contributed by atoms with Crippen molar-refractivity contribution >= 4 is 46.4 Å². The molecule has 0 radical (unpaired) electrons. The highest BCUT2D eigenvalue weighted by Crippen LogP contribution is 2.44. The van der Waals surface area contributed by atoms with Gasteiger partial charge in [-0.3, -0.25) is 4.79 Å². The monoisotopic (exact) mass is 293 g/mol. The molecule has 0 spiro atoms. The van der Waals surface area contributed by atoms with Gasteiger partial charge in [-0.1, -0.05) is 30.1 Å². The zero-order chi connectivity index (χ0) is 12.8. The van der Waals surface area contributed by atoms with E-state index in [9.17, 15) is 9.59 Å². The van der Waals surface area contributed by atoms with Crippen molar-refractivity contribution in [2.45, 2.75) is 24.8 Å². The Morgan fingerprint density at radius 1 is 1.65 bits per heavy atom. The SMILES string of the molecule is CC1(c2cc(Cl)sc2Cl)CC(=O)NC1C(=O)O. The molecule has 1 fully saturated rings. The zero-order valence-corrected chi connectivity index (χ0v) is 11.1. The number of carbonyl (C=O) groups is 2. The van der Waals surface area contributed by atoms with Gasteiger partial charge in [-0.15, -0.1) is 11.3 Å². The summed E-state index contributed by atoms with van der Waals surface area (Å²) in [4.78, 5) is 22.6. The number of aliphatic carboxylic acids is 1. The van der Waals surface area contributed by atoms with Crippen molar-refractivity contribution in [2.75, 3.05) is 0 Å². The number of halogens is 2. The molecule has 0 aromatic carbocycles. The van der Waals surface area contributed by atoms with Gasteiger partial charge in [-0.25, -0.2) is 4.79 Å².